The molecule has 1 aliphatic rings. The molecule has 5 heteroatoms. The van der Waals surface area contributed by atoms with E-state index in [2.05, 4.69) is 0 Å². The van der Waals surface area contributed by atoms with Gasteiger partial charge in [-0.05, 0) is 0 Å². The molecule has 0 spiro atoms. The van der Waals surface area contributed by atoms with Crippen molar-refractivity contribution in [3.05, 3.63) is 0 Å². The maximum atomic E-state index is 4.90. The van der Waals surface area contributed by atoms with Crippen molar-refractivity contribution in [1.29, 1.82) is 0 Å². The van der Waals surface area contributed by atoms with Crippen LogP contribution in [0.1, 0.15) is 19.3 Å². The third kappa shape index (κ3) is 11.7. The molecule has 0 unspecified atom stereocenters. The highest BCUT2D eigenvalue weighted by Crippen LogP contribution is 2.10. The molecule has 2 N–H and O–H groups in total. The van der Waals surface area contributed by atoms with Crippen LogP contribution >= 0.6 is 22.2 Å². The van der Waals surface area contributed by atoms with Crippen LogP contribution in [-0.2, 0) is 0 Å². The summed E-state index contributed by atoms with van der Waals surface area (Å²) in [7, 11) is -0.130. The number of hydrogen-bond donors (Lipinski definition) is 0. The predicted molar refractivity (Wildman–Crippen MR) is 55.9 cm³/mol. The van der Waals surface area contributed by atoms with E-state index in [1.165, 1.54) is 6.42 Å². The Bertz CT molecular complexity index is 41.4. The highest BCUT2D eigenvalue weighted by Gasteiger charge is 1.96. The van der Waals surface area contributed by atoms with Crippen molar-refractivity contribution < 1.29 is 5.48 Å². The molecule has 0 aromatic heterocycles. The van der Waals surface area contributed by atoms with E-state index in [0.29, 0.717) is 9.52 Å². The third-order valence-corrected chi connectivity index (χ3v) is 3.50. The van der Waals surface area contributed by atoms with Crippen LogP contribution in [0.15, 0.2) is 0 Å². The zero-order valence-electron chi connectivity index (χ0n) is 6.21. The Morgan fingerprint density at radius 2 is 1.40 bits per heavy atom. The van der Waals surface area contributed by atoms with E-state index < -0.39 is 8.14 Å². The van der Waals surface area contributed by atoms with Crippen molar-refractivity contribution in [2.24, 2.45) is 0 Å². The summed E-state index contributed by atoms with van der Waals surface area (Å²) < 4.78 is 0. The van der Waals surface area contributed by atoms with E-state index in [1.54, 1.807) is 24.9 Å². The summed E-state index contributed by atoms with van der Waals surface area (Å²) in [5.41, 5.74) is 0. The van der Waals surface area contributed by atoms with Crippen molar-refractivity contribution in [3.63, 3.8) is 0 Å². The molecule has 0 aromatic rings. The van der Waals surface area contributed by atoms with Gasteiger partial charge >= 0.3 is 0 Å². The van der Waals surface area contributed by atoms with Crippen LogP contribution in [0.5, 0.6) is 0 Å². The Balaban J connectivity index is 0. The number of rotatable bonds is 0. The molecular formula is C5H16Cl2OSi2. The van der Waals surface area contributed by atoms with Crippen LogP contribution in [-0.4, -0.2) is 23.1 Å². The summed E-state index contributed by atoms with van der Waals surface area (Å²) in [6, 6.07) is 3.28. The summed E-state index contributed by atoms with van der Waals surface area (Å²) in [6.45, 7) is 0. The van der Waals surface area contributed by atoms with Gasteiger partial charge in [-0.1, -0.05) is 31.4 Å². The standard InChI is InChI=1S/C5H12Si.Cl2H2Si.H2O/c1-2-4-6-5-3-1;1-3-2;/h1-6H2;3H2;1H2. The summed E-state index contributed by atoms with van der Waals surface area (Å²) in [6.07, 6.45) is 4.66. The first-order chi connectivity index (χ1) is 4.41. The second-order valence-corrected chi connectivity index (χ2v) is 6.97. The lowest BCUT2D eigenvalue weighted by Gasteiger charge is -2.04. The lowest BCUT2D eigenvalue weighted by molar-refractivity contribution is 0.734. The van der Waals surface area contributed by atoms with Gasteiger partial charge in [0.05, 0.1) is 0 Å². The van der Waals surface area contributed by atoms with Gasteiger partial charge in [0.2, 0.25) is 8.14 Å². The summed E-state index contributed by atoms with van der Waals surface area (Å²) >= 11 is 9.81. The molecule has 0 radical (unpaired) electrons. The molecule has 0 bridgehead atoms. The third-order valence-electron chi connectivity index (χ3n) is 1.50. The number of hydrogen-bond acceptors (Lipinski definition) is 0. The average Bonchev–Trinajstić information content (AvgIpc) is 1.93. The monoisotopic (exact) mass is 218 g/mol. The van der Waals surface area contributed by atoms with Crippen LogP contribution in [0.25, 0.3) is 0 Å². The Morgan fingerprint density at radius 1 is 1.00 bits per heavy atom. The normalized spacial score (nSPS) is 16.2. The summed E-state index contributed by atoms with van der Waals surface area (Å²) in [4.78, 5) is 0. The molecule has 1 aliphatic heterocycles. The van der Waals surface area contributed by atoms with Crippen LogP contribution in [0, 0.1) is 0 Å². The lowest BCUT2D eigenvalue weighted by atomic mass is 10.3. The van der Waals surface area contributed by atoms with Crippen LogP contribution < -0.4 is 0 Å². The molecule has 10 heavy (non-hydrogen) atoms. The van der Waals surface area contributed by atoms with Gasteiger partial charge in [-0.2, -0.15) is 22.2 Å². The van der Waals surface area contributed by atoms with Gasteiger partial charge in [-0.25, -0.2) is 0 Å². The molecular weight excluding hydrogens is 203 g/mol. The number of halogens is 2. The largest absolute Gasteiger partial charge is 0.412 e. The molecule has 0 aliphatic carbocycles. The fourth-order valence-corrected chi connectivity index (χ4v) is 2.83. The molecule has 1 heterocycles. The van der Waals surface area contributed by atoms with Gasteiger partial charge in [0.1, 0.15) is 0 Å². The molecule has 1 saturated heterocycles. The minimum atomic E-state index is -0.639. The molecule has 1 fully saturated rings. The molecule has 1 nitrogen and oxygen atoms in total. The summed E-state index contributed by atoms with van der Waals surface area (Å²) in [5.74, 6) is 0. The molecule has 0 amide bonds. The Labute approximate surface area is 76.8 Å². The first-order valence-electron chi connectivity index (χ1n) is 3.53. The molecule has 1 rings (SSSR count). The highest BCUT2D eigenvalue weighted by atomic mass is 35.7. The predicted octanol–water partition coefficient (Wildman–Crippen LogP) is 0.814. The van der Waals surface area contributed by atoms with E-state index in [0.717, 1.165) is 0 Å². The maximum Gasteiger partial charge on any atom is 0.222 e. The van der Waals surface area contributed by atoms with Gasteiger partial charge in [-0.15, -0.1) is 0 Å². The minimum Gasteiger partial charge on any atom is -0.412 e. The van der Waals surface area contributed by atoms with Crippen LogP contribution in [0.3, 0.4) is 0 Å². The second kappa shape index (κ2) is 12.6. The minimum absolute atomic E-state index is 0. The SMILES string of the molecule is C1CC[SiH2]CC1.Cl[SiH2]Cl.O. The lowest BCUT2D eigenvalue weighted by Crippen LogP contribution is -1.94. The Kier molecular flexibility index (Phi) is 17.1. The molecule has 0 aromatic carbocycles. The van der Waals surface area contributed by atoms with Gasteiger partial charge < -0.3 is 5.48 Å². The van der Waals surface area contributed by atoms with Gasteiger partial charge in [0.15, 0.2) is 0 Å². The second-order valence-electron chi connectivity index (χ2n) is 2.22. The van der Waals surface area contributed by atoms with Crippen molar-refractivity contribution in [2.75, 3.05) is 0 Å². The van der Waals surface area contributed by atoms with Crippen LogP contribution in [0.2, 0.25) is 12.1 Å². The Morgan fingerprint density at radius 3 is 1.50 bits per heavy atom. The van der Waals surface area contributed by atoms with Crippen molar-refractivity contribution in [3.8, 4) is 0 Å². The zero-order valence-corrected chi connectivity index (χ0v) is 10.5. The fourth-order valence-electron chi connectivity index (χ4n) is 1.06. The fraction of sp³-hybridized carbons (Fsp3) is 1.00. The zero-order chi connectivity index (χ0) is 6.95. The average molecular weight is 219 g/mol. The van der Waals surface area contributed by atoms with Crippen molar-refractivity contribution in [1.82, 2.24) is 0 Å². The topological polar surface area (TPSA) is 31.5 Å². The quantitative estimate of drug-likeness (QED) is 0.426. The van der Waals surface area contributed by atoms with E-state index in [9.17, 15) is 0 Å². The van der Waals surface area contributed by atoms with E-state index in [1.807, 2.05) is 0 Å². The van der Waals surface area contributed by atoms with E-state index in [-0.39, 0.29) is 5.48 Å². The smallest absolute Gasteiger partial charge is 0.222 e. The highest BCUT2D eigenvalue weighted by molar-refractivity contribution is 7.22. The van der Waals surface area contributed by atoms with Crippen molar-refractivity contribution >= 4 is 39.8 Å². The summed E-state index contributed by atoms with van der Waals surface area (Å²) in [5, 5.41) is 0. The first kappa shape index (κ1) is 13.6. The van der Waals surface area contributed by atoms with E-state index in [4.69, 9.17) is 22.2 Å². The first-order valence-corrected chi connectivity index (χ1v) is 9.81. The molecule has 0 saturated carbocycles. The van der Waals surface area contributed by atoms with Crippen molar-refractivity contribution in [2.45, 2.75) is 31.4 Å². The molecule has 0 atom stereocenters. The van der Waals surface area contributed by atoms with Gasteiger partial charge in [-0.3, -0.25) is 0 Å². The van der Waals surface area contributed by atoms with E-state index >= 15 is 0 Å². The van der Waals surface area contributed by atoms with Gasteiger partial charge in [0, 0.05) is 9.52 Å². The Hall–Kier alpha value is 0.974. The van der Waals surface area contributed by atoms with Gasteiger partial charge in [0.25, 0.3) is 0 Å². The maximum absolute atomic E-state index is 4.90. The van der Waals surface area contributed by atoms with Crippen LogP contribution in [0.4, 0.5) is 0 Å². The molecule has 64 valence electrons.